The van der Waals surface area contributed by atoms with Gasteiger partial charge in [0.1, 0.15) is 5.75 Å². The molecule has 0 bridgehead atoms. The van der Waals surface area contributed by atoms with Gasteiger partial charge in [-0.05, 0) is 36.8 Å². The summed E-state index contributed by atoms with van der Waals surface area (Å²) in [6.07, 6.45) is 0. The van der Waals surface area contributed by atoms with Gasteiger partial charge in [0.2, 0.25) is 15.9 Å². The zero-order valence-electron chi connectivity index (χ0n) is 18.8. The number of nitrogens with zero attached hydrogens (tertiary/aromatic N) is 4. The number of ether oxygens (including phenoxy) is 1. The number of carbonyl (C=O) groups is 1. The number of rotatable bonds is 8. The van der Waals surface area contributed by atoms with Gasteiger partial charge in [0.25, 0.3) is 0 Å². The van der Waals surface area contributed by atoms with Crippen LogP contribution < -0.4 is 9.80 Å². The number of thiazole rings is 1. The highest BCUT2D eigenvalue weighted by atomic mass is 32.2. The molecule has 1 aliphatic heterocycles. The number of piperazine rings is 1. The molecule has 1 aliphatic rings. The zero-order valence-corrected chi connectivity index (χ0v) is 20.4. The summed E-state index contributed by atoms with van der Waals surface area (Å²) in [6, 6.07) is 15.8. The van der Waals surface area contributed by atoms with Gasteiger partial charge in [-0.25, -0.2) is 13.4 Å². The normalized spacial score (nSPS) is 15.2. The molecule has 0 spiro atoms. The lowest BCUT2D eigenvalue weighted by Gasteiger charge is -2.35. The van der Waals surface area contributed by atoms with E-state index in [1.807, 2.05) is 49.4 Å². The predicted molar refractivity (Wildman–Crippen MR) is 133 cm³/mol. The lowest BCUT2D eigenvalue weighted by molar-refractivity contribution is -0.116. The van der Waals surface area contributed by atoms with Gasteiger partial charge in [0.05, 0.1) is 23.4 Å². The van der Waals surface area contributed by atoms with Crippen LogP contribution in [0.2, 0.25) is 0 Å². The van der Waals surface area contributed by atoms with Crippen molar-refractivity contribution < 1.29 is 17.9 Å². The van der Waals surface area contributed by atoms with Crippen LogP contribution in [0, 0.1) is 6.92 Å². The smallest absolute Gasteiger partial charge is 0.245 e. The molecule has 0 unspecified atom stereocenters. The van der Waals surface area contributed by atoms with Crippen LogP contribution in [0.1, 0.15) is 5.56 Å². The summed E-state index contributed by atoms with van der Waals surface area (Å²) in [5.74, 6) is -1.08. The Balaban J connectivity index is 1.44. The Morgan fingerprint density at radius 2 is 1.88 bits per heavy atom. The molecule has 33 heavy (non-hydrogen) atoms. The van der Waals surface area contributed by atoms with E-state index in [9.17, 15) is 13.2 Å². The number of aromatic nitrogens is 1. The van der Waals surface area contributed by atoms with Crippen LogP contribution in [0.25, 0.3) is 10.2 Å². The van der Waals surface area contributed by atoms with Crippen molar-refractivity contribution in [2.24, 2.45) is 0 Å². The van der Waals surface area contributed by atoms with E-state index in [-0.39, 0.29) is 13.2 Å². The third kappa shape index (κ3) is 5.52. The van der Waals surface area contributed by atoms with E-state index in [0.717, 1.165) is 15.9 Å². The summed E-state index contributed by atoms with van der Waals surface area (Å²) < 4.78 is 33.7. The maximum absolute atomic E-state index is 13.1. The van der Waals surface area contributed by atoms with E-state index in [0.29, 0.717) is 31.3 Å². The Hall–Kier alpha value is -2.53. The number of anilines is 2. The molecule has 0 N–H and O–H groups in total. The van der Waals surface area contributed by atoms with Gasteiger partial charge in [-0.2, -0.15) is 4.31 Å². The molecule has 1 saturated heterocycles. The molecule has 3 aromatic rings. The second kappa shape index (κ2) is 10.2. The highest BCUT2D eigenvalue weighted by molar-refractivity contribution is 7.89. The number of benzene rings is 2. The summed E-state index contributed by atoms with van der Waals surface area (Å²) in [7, 11) is -2.21. The van der Waals surface area contributed by atoms with Crippen LogP contribution in [0.4, 0.5) is 10.8 Å². The molecule has 176 valence electrons. The second-order valence-electron chi connectivity index (χ2n) is 7.98. The van der Waals surface area contributed by atoms with E-state index >= 15 is 0 Å². The molecule has 0 radical (unpaired) electrons. The molecular formula is C23H28N4O4S2. The van der Waals surface area contributed by atoms with Gasteiger partial charge in [0, 0.05) is 39.0 Å². The van der Waals surface area contributed by atoms with Crippen LogP contribution in [0.5, 0.6) is 0 Å². The molecule has 0 aliphatic carbocycles. The lowest BCUT2D eigenvalue weighted by atomic mass is 10.2. The van der Waals surface area contributed by atoms with Gasteiger partial charge in [0.15, 0.2) is 5.13 Å². The minimum atomic E-state index is -3.75. The summed E-state index contributed by atoms with van der Waals surface area (Å²) in [5.41, 5.74) is 3.03. The molecule has 0 saturated carbocycles. The third-order valence-electron chi connectivity index (χ3n) is 5.64. The Bertz CT molecular complexity index is 1190. The third-order valence-corrected chi connectivity index (χ3v) is 8.46. The standard InChI is InChI=1S/C23H28N4O4S2/c1-18-6-5-7-19(16-18)25-10-12-26(13-11-25)33(29,30)17-22(28)27(14-15-31-2)23-24-20-8-3-4-9-21(20)32-23/h3-9,16H,10-15,17H2,1-2H3. The van der Waals surface area contributed by atoms with Crippen LogP contribution in [0.15, 0.2) is 48.5 Å². The molecule has 1 aromatic heterocycles. The predicted octanol–water partition coefficient (Wildman–Crippen LogP) is 2.74. The van der Waals surface area contributed by atoms with Gasteiger partial charge < -0.3 is 9.64 Å². The topological polar surface area (TPSA) is 83.0 Å². The number of amides is 1. The molecule has 8 nitrogen and oxygen atoms in total. The first-order chi connectivity index (χ1) is 15.9. The SMILES string of the molecule is COCCN(C(=O)CS(=O)(=O)N1CCN(c2cccc(C)c2)CC1)c1nc2ccccc2s1. The number of sulfonamides is 1. The van der Waals surface area contributed by atoms with E-state index in [4.69, 9.17) is 4.74 Å². The fourth-order valence-corrected chi connectivity index (χ4v) is 6.24. The van der Waals surface area contributed by atoms with Crippen molar-refractivity contribution in [3.05, 3.63) is 54.1 Å². The fourth-order valence-electron chi connectivity index (χ4n) is 3.86. The van der Waals surface area contributed by atoms with Crippen molar-refractivity contribution in [1.82, 2.24) is 9.29 Å². The number of hydrogen-bond donors (Lipinski definition) is 0. The number of aryl methyl sites for hydroxylation is 1. The van der Waals surface area contributed by atoms with E-state index in [1.165, 1.54) is 26.1 Å². The summed E-state index contributed by atoms with van der Waals surface area (Å²) in [4.78, 5) is 21.3. The monoisotopic (exact) mass is 488 g/mol. The molecule has 10 heteroatoms. The number of methoxy groups -OCH3 is 1. The first-order valence-corrected chi connectivity index (χ1v) is 13.2. The summed E-state index contributed by atoms with van der Waals surface area (Å²) in [6.45, 7) is 4.44. The second-order valence-corrected chi connectivity index (χ2v) is 11.0. The van der Waals surface area contributed by atoms with Crippen LogP contribution in [0.3, 0.4) is 0 Å². The molecule has 2 aromatic carbocycles. The highest BCUT2D eigenvalue weighted by Gasteiger charge is 2.32. The van der Waals surface area contributed by atoms with Gasteiger partial charge in [-0.1, -0.05) is 35.6 Å². The van der Waals surface area contributed by atoms with Crippen molar-refractivity contribution in [2.75, 3.05) is 62.0 Å². The summed E-state index contributed by atoms with van der Waals surface area (Å²) in [5, 5.41) is 0.484. The maximum Gasteiger partial charge on any atom is 0.245 e. The highest BCUT2D eigenvalue weighted by Crippen LogP contribution is 2.29. The fraction of sp³-hybridized carbons (Fsp3) is 0.391. The Labute approximate surface area is 198 Å². The Kier molecular flexibility index (Phi) is 7.28. The number of hydrogen-bond acceptors (Lipinski definition) is 7. The zero-order chi connectivity index (χ0) is 23.4. The molecule has 1 amide bonds. The number of carbonyl (C=O) groups excluding carboxylic acids is 1. The van der Waals surface area contributed by atoms with E-state index in [1.54, 1.807) is 7.11 Å². The van der Waals surface area contributed by atoms with Crippen molar-refractivity contribution in [3.63, 3.8) is 0 Å². The number of fused-ring (bicyclic) bond motifs is 1. The quantitative estimate of drug-likeness (QED) is 0.485. The van der Waals surface area contributed by atoms with Crippen molar-refractivity contribution in [3.8, 4) is 0 Å². The van der Waals surface area contributed by atoms with E-state index < -0.39 is 21.7 Å². The average Bonchev–Trinajstić information content (AvgIpc) is 3.23. The summed E-state index contributed by atoms with van der Waals surface area (Å²) >= 11 is 1.37. The largest absolute Gasteiger partial charge is 0.383 e. The minimum Gasteiger partial charge on any atom is -0.383 e. The van der Waals surface area contributed by atoms with Crippen molar-refractivity contribution in [1.29, 1.82) is 0 Å². The van der Waals surface area contributed by atoms with Crippen LogP contribution in [-0.4, -0.2) is 75.8 Å². The van der Waals surface area contributed by atoms with Gasteiger partial charge in [-0.3, -0.25) is 9.69 Å². The molecule has 0 atom stereocenters. The minimum absolute atomic E-state index is 0.242. The van der Waals surface area contributed by atoms with E-state index in [2.05, 4.69) is 16.0 Å². The molecule has 4 rings (SSSR count). The van der Waals surface area contributed by atoms with Gasteiger partial charge in [-0.15, -0.1) is 0 Å². The average molecular weight is 489 g/mol. The Morgan fingerprint density at radius 1 is 1.12 bits per heavy atom. The molecular weight excluding hydrogens is 460 g/mol. The van der Waals surface area contributed by atoms with Crippen LogP contribution >= 0.6 is 11.3 Å². The number of para-hydroxylation sites is 1. The molecule has 2 heterocycles. The van der Waals surface area contributed by atoms with Crippen LogP contribution in [-0.2, 0) is 19.6 Å². The lowest BCUT2D eigenvalue weighted by Crippen LogP contribution is -2.51. The maximum atomic E-state index is 13.1. The Morgan fingerprint density at radius 3 is 2.58 bits per heavy atom. The molecule has 1 fully saturated rings. The van der Waals surface area contributed by atoms with Crippen molar-refractivity contribution in [2.45, 2.75) is 6.92 Å². The first kappa shape index (κ1) is 23.6. The van der Waals surface area contributed by atoms with Gasteiger partial charge >= 0.3 is 0 Å². The van der Waals surface area contributed by atoms with Crippen molar-refractivity contribution >= 4 is 48.3 Å². The first-order valence-electron chi connectivity index (χ1n) is 10.8.